The van der Waals surface area contributed by atoms with Crippen molar-refractivity contribution in [1.82, 2.24) is 14.5 Å². The lowest BCUT2D eigenvalue weighted by molar-refractivity contribution is 0.277. The second kappa shape index (κ2) is 5.97. The third-order valence-corrected chi connectivity index (χ3v) is 5.15. The minimum Gasteiger partial charge on any atom is -0.392 e. The van der Waals surface area contributed by atoms with E-state index in [1.807, 2.05) is 31.2 Å². The highest BCUT2D eigenvalue weighted by Gasteiger charge is 2.27. The highest BCUT2D eigenvalue weighted by Crippen LogP contribution is 2.21. The van der Waals surface area contributed by atoms with Gasteiger partial charge in [-0.3, -0.25) is 5.10 Å². The number of sulfonamides is 1. The SMILES string of the molecule is Cc1ccc(CN(C)S(=O)(=O)c2n[nH]c(C)c2CO)cc1. The maximum absolute atomic E-state index is 12.5. The molecule has 6 nitrogen and oxygen atoms in total. The Hall–Kier alpha value is -1.70. The Morgan fingerprint density at radius 1 is 1.24 bits per heavy atom. The zero-order valence-electron chi connectivity index (χ0n) is 12.3. The highest BCUT2D eigenvalue weighted by atomic mass is 32.2. The molecular formula is C14H19N3O3S. The van der Waals surface area contributed by atoms with Crippen molar-refractivity contribution in [2.24, 2.45) is 0 Å². The molecule has 1 heterocycles. The predicted molar refractivity (Wildman–Crippen MR) is 79.1 cm³/mol. The van der Waals surface area contributed by atoms with Gasteiger partial charge in [-0.25, -0.2) is 8.42 Å². The Kier molecular flexibility index (Phi) is 4.46. The average Bonchev–Trinajstić information content (AvgIpc) is 2.82. The molecule has 0 saturated heterocycles. The lowest BCUT2D eigenvalue weighted by atomic mass is 10.1. The summed E-state index contributed by atoms with van der Waals surface area (Å²) in [5, 5.41) is 15.6. The standard InChI is InChI=1S/C14H19N3O3S/c1-10-4-6-12(7-5-10)8-17(3)21(19,20)14-13(9-18)11(2)15-16-14/h4-7,18H,8-9H2,1-3H3,(H,15,16). The molecule has 2 aromatic rings. The maximum atomic E-state index is 12.5. The number of hydrogen-bond donors (Lipinski definition) is 2. The molecule has 2 rings (SSSR count). The Balaban J connectivity index is 2.28. The second-order valence-corrected chi connectivity index (χ2v) is 7.00. The van der Waals surface area contributed by atoms with Gasteiger partial charge in [0.25, 0.3) is 10.0 Å². The van der Waals surface area contributed by atoms with Gasteiger partial charge < -0.3 is 5.11 Å². The molecule has 0 fully saturated rings. The predicted octanol–water partition coefficient (Wildman–Crippen LogP) is 1.34. The summed E-state index contributed by atoms with van der Waals surface area (Å²) in [6.07, 6.45) is 0. The van der Waals surface area contributed by atoms with Crippen LogP contribution in [0.2, 0.25) is 0 Å². The zero-order chi connectivity index (χ0) is 15.6. The normalized spacial score (nSPS) is 12.0. The number of rotatable bonds is 5. The minimum atomic E-state index is -3.74. The summed E-state index contributed by atoms with van der Waals surface area (Å²) in [7, 11) is -2.24. The number of aryl methyl sites for hydroxylation is 2. The van der Waals surface area contributed by atoms with Gasteiger partial charge >= 0.3 is 0 Å². The first-order chi connectivity index (χ1) is 9.86. The van der Waals surface area contributed by atoms with Crippen LogP contribution in [0.1, 0.15) is 22.4 Å². The molecule has 114 valence electrons. The summed E-state index contributed by atoms with van der Waals surface area (Å²) in [5.74, 6) is 0. The molecule has 0 spiro atoms. The summed E-state index contributed by atoms with van der Waals surface area (Å²) >= 11 is 0. The van der Waals surface area contributed by atoms with Crippen LogP contribution in [0.3, 0.4) is 0 Å². The Morgan fingerprint density at radius 3 is 2.43 bits per heavy atom. The topological polar surface area (TPSA) is 86.3 Å². The summed E-state index contributed by atoms with van der Waals surface area (Å²) in [6, 6.07) is 7.66. The first kappa shape index (κ1) is 15.7. The van der Waals surface area contributed by atoms with E-state index in [4.69, 9.17) is 0 Å². The van der Waals surface area contributed by atoms with Gasteiger partial charge in [-0.2, -0.15) is 9.40 Å². The van der Waals surface area contributed by atoms with Crippen molar-refractivity contribution in [3.63, 3.8) is 0 Å². The van der Waals surface area contributed by atoms with Crippen molar-refractivity contribution in [3.05, 3.63) is 46.6 Å². The van der Waals surface area contributed by atoms with Crippen molar-refractivity contribution in [2.45, 2.75) is 32.0 Å². The molecule has 0 unspecified atom stereocenters. The lowest BCUT2D eigenvalue weighted by Crippen LogP contribution is -2.27. The van der Waals surface area contributed by atoms with Crippen LogP contribution in [0.25, 0.3) is 0 Å². The fourth-order valence-corrected chi connectivity index (χ4v) is 3.32. The molecule has 21 heavy (non-hydrogen) atoms. The second-order valence-electron chi connectivity index (χ2n) is 5.04. The summed E-state index contributed by atoms with van der Waals surface area (Å²) in [5.41, 5.74) is 2.88. The average molecular weight is 309 g/mol. The molecule has 0 saturated carbocycles. The number of nitrogens with zero attached hydrogens (tertiary/aromatic N) is 2. The number of hydrogen-bond acceptors (Lipinski definition) is 4. The number of nitrogens with one attached hydrogen (secondary N) is 1. The summed E-state index contributed by atoms with van der Waals surface area (Å²) in [4.78, 5) is 0. The van der Waals surface area contributed by atoms with Gasteiger partial charge in [0.15, 0.2) is 5.03 Å². The smallest absolute Gasteiger partial charge is 0.262 e. The van der Waals surface area contributed by atoms with Crippen LogP contribution in [0.4, 0.5) is 0 Å². The molecule has 7 heteroatoms. The van der Waals surface area contributed by atoms with Gasteiger partial charge in [-0.15, -0.1) is 0 Å². The first-order valence-corrected chi connectivity index (χ1v) is 7.97. The Labute approximate surface area is 124 Å². The third-order valence-electron chi connectivity index (χ3n) is 3.37. The minimum absolute atomic E-state index is 0.114. The Bertz CT molecular complexity index is 720. The van der Waals surface area contributed by atoms with Crippen LogP contribution < -0.4 is 0 Å². The third kappa shape index (κ3) is 3.15. The highest BCUT2D eigenvalue weighted by molar-refractivity contribution is 7.89. The van der Waals surface area contributed by atoms with Crippen LogP contribution >= 0.6 is 0 Å². The molecule has 0 atom stereocenters. The van der Waals surface area contributed by atoms with Crippen LogP contribution in [0.15, 0.2) is 29.3 Å². The lowest BCUT2D eigenvalue weighted by Gasteiger charge is -2.16. The van der Waals surface area contributed by atoms with Gasteiger partial charge in [0, 0.05) is 24.8 Å². The molecule has 1 aromatic carbocycles. The number of benzene rings is 1. The molecule has 2 N–H and O–H groups in total. The van der Waals surface area contributed by atoms with E-state index in [2.05, 4.69) is 10.2 Å². The number of H-pyrrole nitrogens is 1. The molecule has 0 aliphatic carbocycles. The van der Waals surface area contributed by atoms with Crippen LogP contribution in [-0.2, 0) is 23.2 Å². The first-order valence-electron chi connectivity index (χ1n) is 6.53. The van der Waals surface area contributed by atoms with Gasteiger partial charge in [-0.1, -0.05) is 29.8 Å². The van der Waals surface area contributed by atoms with Crippen LogP contribution in [0.5, 0.6) is 0 Å². The van der Waals surface area contributed by atoms with Gasteiger partial charge in [-0.05, 0) is 19.4 Å². The Morgan fingerprint density at radius 2 is 1.86 bits per heavy atom. The quantitative estimate of drug-likeness (QED) is 0.872. The van der Waals surface area contributed by atoms with Crippen molar-refractivity contribution in [3.8, 4) is 0 Å². The maximum Gasteiger partial charge on any atom is 0.262 e. The van der Waals surface area contributed by atoms with E-state index in [9.17, 15) is 13.5 Å². The van der Waals surface area contributed by atoms with Crippen molar-refractivity contribution in [1.29, 1.82) is 0 Å². The zero-order valence-corrected chi connectivity index (χ0v) is 13.1. The van der Waals surface area contributed by atoms with E-state index < -0.39 is 10.0 Å². The molecule has 0 aliphatic heterocycles. The van der Waals surface area contributed by atoms with Gasteiger partial charge in [0.1, 0.15) is 0 Å². The molecular weight excluding hydrogens is 290 g/mol. The largest absolute Gasteiger partial charge is 0.392 e. The van der Waals surface area contributed by atoms with Crippen molar-refractivity contribution < 1.29 is 13.5 Å². The number of aliphatic hydroxyl groups excluding tert-OH is 1. The fourth-order valence-electron chi connectivity index (χ4n) is 2.01. The van der Waals surface area contributed by atoms with Crippen molar-refractivity contribution >= 4 is 10.0 Å². The van der Waals surface area contributed by atoms with E-state index in [0.29, 0.717) is 11.3 Å². The van der Waals surface area contributed by atoms with E-state index in [0.717, 1.165) is 11.1 Å². The molecule has 0 aliphatic rings. The molecule has 0 bridgehead atoms. The fraction of sp³-hybridized carbons (Fsp3) is 0.357. The molecule has 0 amide bonds. The van der Waals surface area contributed by atoms with E-state index in [1.54, 1.807) is 6.92 Å². The van der Waals surface area contributed by atoms with E-state index >= 15 is 0 Å². The van der Waals surface area contributed by atoms with Gasteiger partial charge in [0.2, 0.25) is 0 Å². The van der Waals surface area contributed by atoms with E-state index in [1.165, 1.54) is 11.4 Å². The number of aliphatic hydroxyl groups is 1. The van der Waals surface area contributed by atoms with Crippen LogP contribution in [-0.4, -0.2) is 35.1 Å². The monoisotopic (exact) mass is 309 g/mol. The van der Waals surface area contributed by atoms with Gasteiger partial charge in [0.05, 0.1) is 6.61 Å². The van der Waals surface area contributed by atoms with E-state index in [-0.39, 0.29) is 18.2 Å². The van der Waals surface area contributed by atoms with Crippen LogP contribution in [0, 0.1) is 13.8 Å². The van der Waals surface area contributed by atoms with Crippen molar-refractivity contribution in [2.75, 3.05) is 7.05 Å². The number of aromatic amines is 1. The molecule has 0 radical (unpaired) electrons. The molecule has 1 aromatic heterocycles. The summed E-state index contributed by atoms with van der Waals surface area (Å²) < 4.78 is 26.3. The summed E-state index contributed by atoms with van der Waals surface area (Å²) in [6.45, 7) is 3.54. The number of aromatic nitrogens is 2.